The van der Waals surface area contributed by atoms with E-state index < -0.39 is 25.2 Å². The van der Waals surface area contributed by atoms with Gasteiger partial charge in [0.2, 0.25) is 0 Å². The van der Waals surface area contributed by atoms with Crippen LogP contribution in [0.5, 0.6) is 0 Å². The lowest BCUT2D eigenvalue weighted by Gasteiger charge is -2.17. The smallest absolute Gasteiger partial charge is 0.281 e. The molecule has 0 fully saturated rings. The SMILES string of the molecule is CCC(=O)SCCCCC(F)(F)C(F)CF. The second-order valence-corrected chi connectivity index (χ2v) is 4.57. The third kappa shape index (κ3) is 6.35. The average molecular weight is 260 g/mol. The number of hydrogen-bond donors (Lipinski definition) is 0. The predicted octanol–water partition coefficient (Wildman–Crippen LogP) is 3.77. The molecule has 0 aliphatic rings. The van der Waals surface area contributed by atoms with Crippen molar-refractivity contribution in [2.24, 2.45) is 0 Å². The average Bonchev–Trinajstić information content (AvgIpc) is 2.26. The van der Waals surface area contributed by atoms with E-state index in [1.54, 1.807) is 6.92 Å². The van der Waals surface area contributed by atoms with Gasteiger partial charge in [0.05, 0.1) is 0 Å². The van der Waals surface area contributed by atoms with Crippen molar-refractivity contribution < 1.29 is 22.4 Å². The number of thioether (sulfide) groups is 1. The third-order valence-corrected chi connectivity index (χ3v) is 3.15. The van der Waals surface area contributed by atoms with E-state index in [9.17, 15) is 22.4 Å². The molecule has 96 valence electrons. The van der Waals surface area contributed by atoms with E-state index >= 15 is 0 Å². The molecule has 6 heteroatoms. The summed E-state index contributed by atoms with van der Waals surface area (Å²) < 4.78 is 49.7. The summed E-state index contributed by atoms with van der Waals surface area (Å²) in [5.41, 5.74) is 0. The first-order valence-electron chi connectivity index (χ1n) is 5.17. The lowest BCUT2D eigenvalue weighted by molar-refractivity contribution is -0.110. The Labute approximate surface area is 97.0 Å². The minimum atomic E-state index is -3.59. The lowest BCUT2D eigenvalue weighted by atomic mass is 10.1. The van der Waals surface area contributed by atoms with Crippen LogP contribution in [0.15, 0.2) is 0 Å². The molecule has 1 nitrogen and oxygen atoms in total. The van der Waals surface area contributed by atoms with Crippen molar-refractivity contribution in [3.05, 3.63) is 0 Å². The van der Waals surface area contributed by atoms with Crippen LogP contribution in [0.4, 0.5) is 17.6 Å². The maximum atomic E-state index is 12.8. The first kappa shape index (κ1) is 15.7. The van der Waals surface area contributed by atoms with Crippen molar-refractivity contribution >= 4 is 16.9 Å². The fraction of sp³-hybridized carbons (Fsp3) is 0.900. The van der Waals surface area contributed by atoms with E-state index in [2.05, 4.69) is 0 Å². The zero-order valence-corrected chi connectivity index (χ0v) is 9.96. The summed E-state index contributed by atoms with van der Waals surface area (Å²) in [6, 6.07) is 0. The van der Waals surface area contributed by atoms with Crippen molar-refractivity contribution in [2.75, 3.05) is 12.4 Å². The Morgan fingerprint density at radius 1 is 1.38 bits per heavy atom. The summed E-state index contributed by atoms with van der Waals surface area (Å²) in [5.74, 6) is -3.14. The second-order valence-electron chi connectivity index (χ2n) is 3.41. The van der Waals surface area contributed by atoms with E-state index in [-0.39, 0.29) is 11.5 Å². The normalized spacial score (nSPS) is 13.8. The van der Waals surface area contributed by atoms with Crippen molar-refractivity contribution in [2.45, 2.75) is 44.7 Å². The van der Waals surface area contributed by atoms with Crippen LogP contribution < -0.4 is 0 Å². The van der Waals surface area contributed by atoms with E-state index in [4.69, 9.17) is 0 Å². The van der Waals surface area contributed by atoms with Crippen LogP contribution in [0.3, 0.4) is 0 Å². The standard InChI is InChI=1S/C10H16F4OS/c1-2-9(15)16-6-4-3-5-10(13,14)8(12)7-11/h8H,2-7H2,1H3. The van der Waals surface area contributed by atoms with Gasteiger partial charge in [-0.1, -0.05) is 18.7 Å². The van der Waals surface area contributed by atoms with Gasteiger partial charge >= 0.3 is 0 Å². The molecule has 0 heterocycles. The number of carbonyl (C=O) groups excluding carboxylic acids is 1. The molecule has 0 aliphatic heterocycles. The lowest BCUT2D eigenvalue weighted by Crippen LogP contribution is -2.31. The Balaban J connectivity index is 3.61. The molecule has 0 radical (unpaired) electrons. The molecule has 0 aliphatic carbocycles. The minimum absolute atomic E-state index is 0.0129. The van der Waals surface area contributed by atoms with E-state index in [0.717, 1.165) is 11.8 Å². The van der Waals surface area contributed by atoms with Crippen molar-refractivity contribution in [1.82, 2.24) is 0 Å². The molecular weight excluding hydrogens is 244 g/mol. The molecule has 0 amide bonds. The number of alkyl halides is 4. The van der Waals surface area contributed by atoms with Crippen LogP contribution in [0.1, 0.15) is 32.6 Å². The van der Waals surface area contributed by atoms with Gasteiger partial charge in [-0.25, -0.2) is 17.6 Å². The van der Waals surface area contributed by atoms with Crippen LogP contribution in [-0.4, -0.2) is 29.6 Å². The first-order valence-corrected chi connectivity index (χ1v) is 6.16. The summed E-state index contributed by atoms with van der Waals surface area (Å²) in [6.45, 7) is 0.0640. The Bertz CT molecular complexity index is 211. The highest BCUT2D eigenvalue weighted by Gasteiger charge is 2.39. The maximum absolute atomic E-state index is 12.8. The van der Waals surface area contributed by atoms with Crippen LogP contribution in [0.25, 0.3) is 0 Å². The quantitative estimate of drug-likeness (QED) is 0.488. The second kappa shape index (κ2) is 7.92. The van der Waals surface area contributed by atoms with Gasteiger partial charge in [-0.15, -0.1) is 0 Å². The topological polar surface area (TPSA) is 17.1 Å². The summed E-state index contributed by atoms with van der Waals surface area (Å²) in [5, 5.41) is 0.0129. The Kier molecular flexibility index (Phi) is 7.80. The third-order valence-electron chi connectivity index (χ3n) is 2.05. The fourth-order valence-electron chi connectivity index (χ4n) is 1.02. The zero-order valence-electron chi connectivity index (χ0n) is 9.15. The predicted molar refractivity (Wildman–Crippen MR) is 57.4 cm³/mol. The van der Waals surface area contributed by atoms with E-state index in [0.29, 0.717) is 18.6 Å². The molecule has 0 saturated carbocycles. The molecule has 0 aromatic carbocycles. The Morgan fingerprint density at radius 3 is 2.50 bits per heavy atom. The Hall–Kier alpha value is -0.260. The van der Waals surface area contributed by atoms with Gasteiger partial charge in [0.25, 0.3) is 5.92 Å². The molecule has 0 N–H and O–H groups in total. The molecule has 0 aromatic rings. The summed E-state index contributed by atoms with van der Waals surface area (Å²) >= 11 is 1.09. The Morgan fingerprint density at radius 2 is 2.00 bits per heavy atom. The summed E-state index contributed by atoms with van der Waals surface area (Å²) in [4.78, 5) is 10.8. The number of rotatable bonds is 8. The molecule has 0 rings (SSSR count). The fourth-order valence-corrected chi connectivity index (χ4v) is 1.80. The summed E-state index contributed by atoms with van der Waals surface area (Å²) in [7, 11) is 0. The largest absolute Gasteiger partial charge is 0.287 e. The van der Waals surface area contributed by atoms with Crippen LogP contribution in [0.2, 0.25) is 0 Å². The molecule has 1 atom stereocenters. The molecule has 1 unspecified atom stereocenters. The van der Waals surface area contributed by atoms with E-state index in [1.807, 2.05) is 0 Å². The highest BCUT2D eigenvalue weighted by molar-refractivity contribution is 8.13. The van der Waals surface area contributed by atoms with Crippen LogP contribution in [-0.2, 0) is 4.79 Å². The van der Waals surface area contributed by atoms with Gasteiger partial charge in [-0.2, -0.15) is 0 Å². The molecule has 0 spiro atoms. The summed E-state index contributed by atoms with van der Waals surface area (Å²) in [6.07, 6.45) is -2.46. The van der Waals surface area contributed by atoms with Crippen LogP contribution >= 0.6 is 11.8 Å². The van der Waals surface area contributed by atoms with Crippen molar-refractivity contribution in [1.29, 1.82) is 0 Å². The maximum Gasteiger partial charge on any atom is 0.281 e. The first-order chi connectivity index (χ1) is 7.44. The van der Waals surface area contributed by atoms with Gasteiger partial charge in [0.15, 0.2) is 11.3 Å². The molecule has 16 heavy (non-hydrogen) atoms. The van der Waals surface area contributed by atoms with Crippen molar-refractivity contribution in [3.8, 4) is 0 Å². The monoisotopic (exact) mass is 260 g/mol. The van der Waals surface area contributed by atoms with E-state index in [1.165, 1.54) is 0 Å². The molecule has 0 aromatic heterocycles. The zero-order chi connectivity index (χ0) is 12.6. The molecule has 0 bridgehead atoms. The number of hydrogen-bond acceptors (Lipinski definition) is 2. The molecular formula is C10H16F4OS. The highest BCUT2D eigenvalue weighted by Crippen LogP contribution is 2.28. The minimum Gasteiger partial charge on any atom is -0.287 e. The number of carbonyl (C=O) groups is 1. The van der Waals surface area contributed by atoms with Crippen LogP contribution in [0, 0.1) is 0 Å². The highest BCUT2D eigenvalue weighted by atomic mass is 32.2. The van der Waals surface area contributed by atoms with Gasteiger partial charge in [0, 0.05) is 18.6 Å². The van der Waals surface area contributed by atoms with Crippen molar-refractivity contribution in [3.63, 3.8) is 0 Å². The van der Waals surface area contributed by atoms with Gasteiger partial charge < -0.3 is 0 Å². The van der Waals surface area contributed by atoms with Gasteiger partial charge in [0.1, 0.15) is 6.67 Å². The molecule has 0 saturated heterocycles. The number of unbranched alkanes of at least 4 members (excludes halogenated alkanes) is 1. The number of halogens is 4. The van der Waals surface area contributed by atoms with Gasteiger partial charge in [-0.05, 0) is 12.8 Å². The van der Waals surface area contributed by atoms with Gasteiger partial charge in [-0.3, -0.25) is 4.79 Å².